The summed E-state index contributed by atoms with van der Waals surface area (Å²) < 4.78 is 13.3. The molecule has 2 aromatic heterocycles. The zero-order valence-electron chi connectivity index (χ0n) is 13.7. The van der Waals surface area contributed by atoms with Crippen molar-refractivity contribution in [2.75, 3.05) is 39.5 Å². The molecule has 0 bridgehead atoms. The molecule has 0 radical (unpaired) electrons. The van der Waals surface area contributed by atoms with Crippen molar-refractivity contribution in [3.63, 3.8) is 0 Å². The lowest BCUT2D eigenvalue weighted by molar-refractivity contribution is -0.0298. The van der Waals surface area contributed by atoms with E-state index in [-0.39, 0.29) is 11.5 Å². The normalized spacial score (nSPS) is 23.0. The topological polar surface area (TPSA) is 65.3 Å². The van der Waals surface area contributed by atoms with Gasteiger partial charge in [-0.2, -0.15) is 4.98 Å². The Morgan fingerprint density at radius 3 is 2.83 bits per heavy atom. The van der Waals surface area contributed by atoms with Crippen molar-refractivity contribution < 1.29 is 9.47 Å². The van der Waals surface area contributed by atoms with Gasteiger partial charge in [0, 0.05) is 32.7 Å². The fourth-order valence-corrected chi connectivity index (χ4v) is 3.54. The largest absolute Gasteiger partial charge is 0.379 e. The van der Waals surface area contributed by atoms with E-state index in [1.807, 2.05) is 10.9 Å². The molecule has 2 aromatic rings. The Labute approximate surface area is 145 Å². The van der Waals surface area contributed by atoms with E-state index in [1.165, 1.54) is 0 Å². The second-order valence-corrected chi connectivity index (χ2v) is 6.63. The zero-order valence-corrected chi connectivity index (χ0v) is 14.4. The van der Waals surface area contributed by atoms with Gasteiger partial charge in [-0.05, 0) is 30.9 Å². The molecule has 4 heterocycles. The molecule has 2 aliphatic heterocycles. The zero-order chi connectivity index (χ0) is 16.4. The number of aromatic nitrogens is 4. The fourth-order valence-electron chi connectivity index (χ4n) is 3.36. The van der Waals surface area contributed by atoms with Gasteiger partial charge in [-0.15, -0.1) is 0 Å². The second-order valence-electron chi connectivity index (χ2n) is 6.29. The molecule has 130 valence electrons. The molecule has 0 amide bonds. The summed E-state index contributed by atoms with van der Waals surface area (Å²) in [6.45, 7) is 5.24. The van der Waals surface area contributed by atoms with Crippen molar-refractivity contribution in [3.8, 4) is 0 Å². The second kappa shape index (κ2) is 7.31. The van der Waals surface area contributed by atoms with E-state index in [0.29, 0.717) is 0 Å². The Balaban J connectivity index is 1.57. The minimum absolute atomic E-state index is 0.00168. The summed E-state index contributed by atoms with van der Waals surface area (Å²) in [4.78, 5) is 15.8. The average Bonchev–Trinajstić information content (AvgIpc) is 3.05. The summed E-state index contributed by atoms with van der Waals surface area (Å²) in [5.41, 5.74) is 2.52. The van der Waals surface area contributed by atoms with E-state index >= 15 is 0 Å². The lowest BCUT2D eigenvalue weighted by atomic mass is 10.2. The highest BCUT2D eigenvalue weighted by Crippen LogP contribution is 2.27. The van der Waals surface area contributed by atoms with E-state index in [9.17, 15) is 0 Å². The minimum Gasteiger partial charge on any atom is -0.379 e. The molecule has 1 atom stereocenters. The maximum atomic E-state index is 6.18. The lowest BCUT2D eigenvalue weighted by Gasteiger charge is -2.26. The molecule has 1 unspecified atom stereocenters. The number of hydrogen-bond acceptors (Lipinski definition) is 6. The van der Waals surface area contributed by atoms with Crippen LogP contribution in [-0.2, 0) is 15.9 Å². The fraction of sp³-hybridized carbons (Fsp3) is 0.688. The van der Waals surface area contributed by atoms with Crippen LogP contribution in [-0.4, -0.2) is 63.9 Å². The van der Waals surface area contributed by atoms with Gasteiger partial charge < -0.3 is 9.47 Å². The van der Waals surface area contributed by atoms with Crippen molar-refractivity contribution in [1.82, 2.24) is 24.4 Å². The Hall–Kier alpha value is -1.28. The van der Waals surface area contributed by atoms with Gasteiger partial charge in [-0.25, -0.2) is 9.97 Å². The molecule has 0 aliphatic carbocycles. The van der Waals surface area contributed by atoms with Gasteiger partial charge in [-0.1, -0.05) is 0 Å². The summed E-state index contributed by atoms with van der Waals surface area (Å²) in [5, 5.41) is 0.275. The number of halogens is 1. The lowest BCUT2D eigenvalue weighted by Crippen LogP contribution is -2.37. The number of hydrogen-bond donors (Lipinski definition) is 0. The van der Waals surface area contributed by atoms with Crippen molar-refractivity contribution in [2.45, 2.75) is 31.9 Å². The number of imidazole rings is 1. The summed E-state index contributed by atoms with van der Waals surface area (Å²) in [7, 11) is 0. The van der Waals surface area contributed by atoms with E-state index in [0.717, 1.165) is 82.0 Å². The van der Waals surface area contributed by atoms with E-state index in [1.54, 1.807) is 0 Å². The molecular formula is C16H22ClN5O2. The predicted octanol–water partition coefficient (Wildman–Crippen LogP) is 2.05. The molecule has 0 saturated carbocycles. The van der Waals surface area contributed by atoms with E-state index in [2.05, 4.69) is 19.9 Å². The van der Waals surface area contributed by atoms with Gasteiger partial charge in [0.25, 0.3) is 0 Å². The van der Waals surface area contributed by atoms with E-state index < -0.39 is 0 Å². The third-order valence-electron chi connectivity index (χ3n) is 4.70. The standard InChI is InChI=1S/C16H22ClN5O2/c17-16-19-12(4-5-21-6-9-23-10-7-21)14-15(20-16)22(11-18-14)13-3-1-2-8-24-13/h11,13H,1-10H2. The van der Waals surface area contributed by atoms with Crippen LogP contribution >= 0.6 is 11.6 Å². The maximum Gasteiger partial charge on any atom is 0.224 e. The first-order valence-corrected chi connectivity index (χ1v) is 9.00. The molecule has 2 saturated heterocycles. The van der Waals surface area contributed by atoms with Crippen LogP contribution in [0.1, 0.15) is 31.2 Å². The van der Waals surface area contributed by atoms with Gasteiger partial charge >= 0.3 is 0 Å². The summed E-state index contributed by atoms with van der Waals surface area (Å²) in [6.07, 6.45) is 5.87. The highest BCUT2D eigenvalue weighted by atomic mass is 35.5. The van der Waals surface area contributed by atoms with Crippen molar-refractivity contribution >= 4 is 22.8 Å². The molecule has 2 fully saturated rings. The highest BCUT2D eigenvalue weighted by molar-refractivity contribution is 6.28. The van der Waals surface area contributed by atoms with Crippen molar-refractivity contribution in [1.29, 1.82) is 0 Å². The van der Waals surface area contributed by atoms with Crippen LogP contribution in [0.15, 0.2) is 6.33 Å². The summed E-state index contributed by atoms with van der Waals surface area (Å²) >= 11 is 6.18. The Bertz CT molecular complexity index is 695. The molecule has 7 nitrogen and oxygen atoms in total. The first kappa shape index (κ1) is 16.2. The Kier molecular flexibility index (Phi) is 4.93. The first-order valence-electron chi connectivity index (χ1n) is 8.62. The third kappa shape index (κ3) is 3.39. The van der Waals surface area contributed by atoms with Gasteiger partial charge in [-0.3, -0.25) is 9.47 Å². The van der Waals surface area contributed by atoms with Gasteiger partial charge in [0.2, 0.25) is 5.28 Å². The van der Waals surface area contributed by atoms with Gasteiger partial charge in [0.1, 0.15) is 11.7 Å². The summed E-state index contributed by atoms with van der Waals surface area (Å²) in [5.74, 6) is 0. The number of ether oxygens (including phenoxy) is 2. The average molecular weight is 352 g/mol. The van der Waals surface area contributed by atoms with Crippen LogP contribution in [0.3, 0.4) is 0 Å². The van der Waals surface area contributed by atoms with Crippen LogP contribution in [0.2, 0.25) is 5.28 Å². The van der Waals surface area contributed by atoms with Crippen molar-refractivity contribution in [3.05, 3.63) is 17.3 Å². The van der Waals surface area contributed by atoms with Crippen LogP contribution in [0.5, 0.6) is 0 Å². The Morgan fingerprint density at radius 1 is 1.17 bits per heavy atom. The van der Waals surface area contributed by atoms with Crippen LogP contribution in [0.4, 0.5) is 0 Å². The molecule has 0 N–H and O–H groups in total. The molecule has 4 rings (SSSR count). The monoisotopic (exact) mass is 351 g/mol. The van der Waals surface area contributed by atoms with Crippen LogP contribution in [0, 0.1) is 0 Å². The first-order chi connectivity index (χ1) is 11.8. The number of fused-ring (bicyclic) bond motifs is 1. The molecular weight excluding hydrogens is 330 g/mol. The smallest absolute Gasteiger partial charge is 0.224 e. The van der Waals surface area contributed by atoms with Crippen molar-refractivity contribution in [2.24, 2.45) is 0 Å². The molecule has 8 heteroatoms. The van der Waals surface area contributed by atoms with Crippen LogP contribution < -0.4 is 0 Å². The molecule has 24 heavy (non-hydrogen) atoms. The number of nitrogens with zero attached hydrogens (tertiary/aromatic N) is 5. The predicted molar refractivity (Wildman–Crippen MR) is 90.1 cm³/mol. The Morgan fingerprint density at radius 2 is 2.04 bits per heavy atom. The minimum atomic E-state index is 0.00168. The quantitative estimate of drug-likeness (QED) is 0.785. The molecule has 0 spiro atoms. The molecule has 0 aromatic carbocycles. The SMILES string of the molecule is Clc1nc(CCN2CCOCC2)c2ncn(C3CCCCO3)c2n1. The molecule has 2 aliphatic rings. The third-order valence-corrected chi connectivity index (χ3v) is 4.87. The van der Waals surface area contributed by atoms with Gasteiger partial charge in [0.05, 0.1) is 25.2 Å². The summed E-state index contributed by atoms with van der Waals surface area (Å²) in [6, 6.07) is 0. The maximum absolute atomic E-state index is 6.18. The highest BCUT2D eigenvalue weighted by Gasteiger charge is 2.21. The number of rotatable bonds is 4. The van der Waals surface area contributed by atoms with Crippen LogP contribution in [0.25, 0.3) is 11.2 Å². The number of morpholine rings is 1. The van der Waals surface area contributed by atoms with Gasteiger partial charge in [0.15, 0.2) is 5.65 Å². The van der Waals surface area contributed by atoms with E-state index in [4.69, 9.17) is 21.1 Å².